The van der Waals surface area contributed by atoms with Crippen molar-refractivity contribution in [3.05, 3.63) is 0 Å². The van der Waals surface area contributed by atoms with E-state index in [4.69, 9.17) is 4.74 Å². The monoisotopic (exact) mass is 379 g/mol. The Labute approximate surface area is 133 Å². The van der Waals surface area contributed by atoms with Crippen LogP contribution in [0.15, 0.2) is 4.99 Å². The van der Waals surface area contributed by atoms with Crippen molar-refractivity contribution in [2.75, 3.05) is 20.2 Å². The van der Waals surface area contributed by atoms with E-state index in [1.54, 1.807) is 0 Å². The van der Waals surface area contributed by atoms with Crippen LogP contribution >= 0.6 is 24.0 Å². The second-order valence-electron chi connectivity index (χ2n) is 5.95. The van der Waals surface area contributed by atoms with E-state index in [-0.39, 0.29) is 24.0 Å². The molecular formula is C14H26IN3O. The van der Waals surface area contributed by atoms with Gasteiger partial charge in [0.05, 0.1) is 6.10 Å². The maximum absolute atomic E-state index is 5.94. The number of hydrogen-bond acceptors (Lipinski definition) is 2. The molecule has 3 atom stereocenters. The minimum absolute atomic E-state index is 0. The molecule has 0 amide bonds. The number of fused-ring (bicyclic) bond motifs is 2. The molecular weight excluding hydrogens is 353 g/mol. The quantitative estimate of drug-likeness (QED) is 0.449. The van der Waals surface area contributed by atoms with Crippen LogP contribution in [-0.4, -0.2) is 38.3 Å². The lowest BCUT2D eigenvalue weighted by Crippen LogP contribution is -2.72. The molecule has 2 N–H and O–H groups in total. The van der Waals surface area contributed by atoms with Crippen LogP contribution in [0, 0.1) is 11.3 Å². The summed E-state index contributed by atoms with van der Waals surface area (Å²) in [5, 5.41) is 7.04. The molecule has 0 radical (unpaired) electrons. The summed E-state index contributed by atoms with van der Waals surface area (Å²) in [6, 6.07) is 0.585. The van der Waals surface area contributed by atoms with Crippen molar-refractivity contribution in [1.29, 1.82) is 0 Å². The zero-order valence-electron chi connectivity index (χ0n) is 11.9. The molecule has 19 heavy (non-hydrogen) atoms. The zero-order valence-corrected chi connectivity index (χ0v) is 14.3. The average Bonchev–Trinajstić information content (AvgIpc) is 2.73. The molecule has 1 spiro atoms. The first-order valence-corrected chi connectivity index (χ1v) is 7.40. The summed E-state index contributed by atoms with van der Waals surface area (Å²) in [7, 11) is 1.86. The van der Waals surface area contributed by atoms with E-state index in [2.05, 4.69) is 22.5 Å². The number of halogens is 1. The van der Waals surface area contributed by atoms with E-state index in [1.807, 2.05) is 7.05 Å². The van der Waals surface area contributed by atoms with Gasteiger partial charge in [0.25, 0.3) is 0 Å². The zero-order chi connectivity index (χ0) is 12.6. The average molecular weight is 379 g/mol. The molecule has 2 aliphatic carbocycles. The van der Waals surface area contributed by atoms with E-state index in [0.717, 1.165) is 25.5 Å². The van der Waals surface area contributed by atoms with Crippen LogP contribution in [0.4, 0.5) is 0 Å². The first-order valence-electron chi connectivity index (χ1n) is 7.40. The van der Waals surface area contributed by atoms with Crippen LogP contribution in [0.1, 0.15) is 39.0 Å². The SMILES string of the molecule is CCCNC(=NC)NC1C2CCOC2C12CCC2.I. The molecule has 3 fully saturated rings. The number of nitrogens with one attached hydrogen (secondary N) is 2. The third-order valence-corrected chi connectivity index (χ3v) is 5.09. The normalized spacial score (nSPS) is 34.8. The molecule has 3 aliphatic rings. The highest BCUT2D eigenvalue weighted by Gasteiger charge is 2.66. The van der Waals surface area contributed by atoms with E-state index >= 15 is 0 Å². The Kier molecular flexibility index (Phi) is 4.98. The summed E-state index contributed by atoms with van der Waals surface area (Å²) in [5.41, 5.74) is 0.436. The summed E-state index contributed by atoms with van der Waals surface area (Å²) >= 11 is 0. The fourth-order valence-electron chi connectivity index (χ4n) is 4.04. The molecule has 0 bridgehead atoms. The van der Waals surface area contributed by atoms with Crippen LogP contribution in [0.5, 0.6) is 0 Å². The van der Waals surface area contributed by atoms with Crippen LogP contribution in [0.3, 0.4) is 0 Å². The third-order valence-electron chi connectivity index (χ3n) is 5.09. The lowest BCUT2D eigenvalue weighted by Gasteiger charge is -2.63. The molecule has 0 aromatic heterocycles. The molecule has 1 aliphatic heterocycles. The Morgan fingerprint density at radius 2 is 2.21 bits per heavy atom. The number of guanidine groups is 1. The van der Waals surface area contributed by atoms with Crippen LogP contribution in [0.2, 0.25) is 0 Å². The standard InChI is InChI=1S/C14H25N3O.HI/c1-3-8-16-13(15-2)17-11-10-5-9-18-12(10)14(11)6-4-7-14;/h10-12H,3-9H2,1-2H3,(H2,15,16,17);1H. The van der Waals surface area contributed by atoms with Crippen LogP contribution in [0.25, 0.3) is 0 Å². The predicted octanol–water partition coefficient (Wildman–Crippen LogP) is 2.14. The van der Waals surface area contributed by atoms with Crippen LogP contribution in [-0.2, 0) is 4.74 Å². The summed E-state index contributed by atoms with van der Waals surface area (Å²) in [5.74, 6) is 1.68. The minimum Gasteiger partial charge on any atom is -0.377 e. The number of nitrogens with zero attached hydrogens (tertiary/aromatic N) is 1. The molecule has 3 unspecified atom stereocenters. The summed E-state index contributed by atoms with van der Waals surface area (Å²) in [4.78, 5) is 4.34. The van der Waals surface area contributed by atoms with Crippen molar-refractivity contribution in [2.24, 2.45) is 16.3 Å². The molecule has 0 aromatic rings. The first-order chi connectivity index (χ1) is 8.81. The number of rotatable bonds is 3. The van der Waals surface area contributed by atoms with E-state index in [9.17, 15) is 0 Å². The highest BCUT2D eigenvalue weighted by atomic mass is 127. The molecule has 110 valence electrons. The van der Waals surface area contributed by atoms with Gasteiger partial charge in [0, 0.05) is 37.6 Å². The van der Waals surface area contributed by atoms with Crippen molar-refractivity contribution >= 4 is 29.9 Å². The van der Waals surface area contributed by atoms with E-state index in [1.165, 1.54) is 25.7 Å². The van der Waals surface area contributed by atoms with Gasteiger partial charge in [0.1, 0.15) is 0 Å². The highest BCUT2D eigenvalue weighted by molar-refractivity contribution is 14.0. The van der Waals surface area contributed by atoms with Crippen LogP contribution < -0.4 is 10.6 Å². The maximum Gasteiger partial charge on any atom is 0.191 e. The van der Waals surface area contributed by atoms with Crippen molar-refractivity contribution in [3.8, 4) is 0 Å². The Bertz CT molecular complexity index is 344. The molecule has 4 nitrogen and oxygen atoms in total. The van der Waals surface area contributed by atoms with Gasteiger partial charge >= 0.3 is 0 Å². The summed E-state index contributed by atoms with van der Waals surface area (Å²) in [6.07, 6.45) is 6.91. The third kappa shape index (κ3) is 2.37. The van der Waals surface area contributed by atoms with Gasteiger partial charge in [-0.15, -0.1) is 24.0 Å². The Hall–Kier alpha value is -0.0400. The van der Waals surface area contributed by atoms with Gasteiger partial charge in [-0.25, -0.2) is 0 Å². The largest absolute Gasteiger partial charge is 0.377 e. The second kappa shape index (κ2) is 6.16. The first kappa shape index (κ1) is 15.4. The van der Waals surface area contributed by atoms with Crippen molar-refractivity contribution in [1.82, 2.24) is 10.6 Å². The van der Waals surface area contributed by atoms with E-state index in [0.29, 0.717) is 23.5 Å². The summed E-state index contributed by atoms with van der Waals surface area (Å²) in [6.45, 7) is 4.12. The minimum atomic E-state index is 0. The van der Waals surface area contributed by atoms with Crippen molar-refractivity contribution in [2.45, 2.75) is 51.2 Å². The Morgan fingerprint density at radius 1 is 1.42 bits per heavy atom. The molecule has 2 saturated carbocycles. The lowest BCUT2D eigenvalue weighted by atomic mass is 9.46. The fraction of sp³-hybridized carbons (Fsp3) is 0.929. The molecule has 0 aromatic carbocycles. The summed E-state index contributed by atoms with van der Waals surface area (Å²) < 4.78 is 5.94. The highest BCUT2D eigenvalue weighted by Crippen LogP contribution is 2.62. The molecule has 3 rings (SSSR count). The fourth-order valence-corrected chi connectivity index (χ4v) is 4.04. The molecule has 1 saturated heterocycles. The number of hydrogen-bond donors (Lipinski definition) is 2. The van der Waals surface area contributed by atoms with Crippen molar-refractivity contribution < 1.29 is 4.74 Å². The lowest BCUT2D eigenvalue weighted by molar-refractivity contribution is -0.171. The van der Waals surface area contributed by atoms with Gasteiger partial charge in [-0.2, -0.15) is 0 Å². The van der Waals surface area contributed by atoms with Gasteiger partial charge in [0.2, 0.25) is 0 Å². The van der Waals surface area contributed by atoms with Gasteiger partial charge in [-0.05, 0) is 25.7 Å². The van der Waals surface area contributed by atoms with Gasteiger partial charge in [0.15, 0.2) is 5.96 Å². The van der Waals surface area contributed by atoms with E-state index < -0.39 is 0 Å². The topological polar surface area (TPSA) is 45.7 Å². The predicted molar refractivity (Wildman–Crippen MR) is 88.1 cm³/mol. The number of ether oxygens (including phenoxy) is 1. The van der Waals surface area contributed by atoms with Gasteiger partial charge < -0.3 is 15.4 Å². The molecule has 1 heterocycles. The van der Waals surface area contributed by atoms with Crippen molar-refractivity contribution in [3.63, 3.8) is 0 Å². The van der Waals surface area contributed by atoms with Gasteiger partial charge in [-0.1, -0.05) is 13.3 Å². The Morgan fingerprint density at radius 3 is 2.79 bits per heavy atom. The van der Waals surface area contributed by atoms with Gasteiger partial charge in [-0.3, -0.25) is 4.99 Å². The maximum atomic E-state index is 5.94. The smallest absolute Gasteiger partial charge is 0.191 e. The number of aliphatic imine (C=N–C) groups is 1. The second-order valence-corrected chi connectivity index (χ2v) is 5.95. The Balaban J connectivity index is 0.00000133. The molecule has 5 heteroatoms.